The molecule has 0 radical (unpaired) electrons. The van der Waals surface area contributed by atoms with Crippen LogP contribution >= 0.6 is 11.6 Å². The lowest BCUT2D eigenvalue weighted by Gasteiger charge is -2.03. The first kappa shape index (κ1) is 17.7. The summed E-state index contributed by atoms with van der Waals surface area (Å²) in [6.45, 7) is 6.07. The molecule has 0 spiro atoms. The Balaban J connectivity index is 2.26. The van der Waals surface area contributed by atoms with Crippen LogP contribution in [0.4, 0.5) is 0 Å². The number of carbonyl (C=O) groups excluding carboxylic acids is 1. The number of carbonyl (C=O) groups is 1. The van der Waals surface area contributed by atoms with E-state index in [1.54, 1.807) is 17.8 Å². The lowest BCUT2D eigenvalue weighted by atomic mass is 10.2. The van der Waals surface area contributed by atoms with E-state index < -0.39 is 0 Å². The zero-order chi connectivity index (χ0) is 15.7. The van der Waals surface area contributed by atoms with Gasteiger partial charge in [0, 0.05) is 38.4 Å². The number of halogens is 1. The van der Waals surface area contributed by atoms with Crippen molar-refractivity contribution in [1.82, 2.24) is 15.1 Å². The van der Waals surface area contributed by atoms with Crippen LogP contribution in [0.25, 0.3) is 6.08 Å². The zero-order valence-electron chi connectivity index (χ0n) is 13.0. The smallest absolute Gasteiger partial charge is 0.244 e. The maximum Gasteiger partial charge on any atom is 0.244 e. The van der Waals surface area contributed by atoms with E-state index in [1.165, 1.54) is 6.08 Å². The summed E-state index contributed by atoms with van der Waals surface area (Å²) in [7, 11) is 1.77. The minimum Gasteiger partial charge on any atom is -0.381 e. The summed E-state index contributed by atoms with van der Waals surface area (Å²) in [6.07, 6.45) is 6.21. The SMILES string of the molecule is CCCCOCCCNC(=O)/C=C/c1c(C)nn(C)c1Cl. The van der Waals surface area contributed by atoms with Crippen molar-refractivity contribution in [2.45, 2.75) is 33.1 Å². The number of aromatic nitrogens is 2. The Kier molecular flexibility index (Phi) is 8.08. The number of ether oxygens (including phenoxy) is 1. The molecule has 0 saturated heterocycles. The highest BCUT2D eigenvalue weighted by Gasteiger charge is 2.08. The summed E-state index contributed by atoms with van der Waals surface area (Å²) in [6, 6.07) is 0. The van der Waals surface area contributed by atoms with Crippen molar-refractivity contribution in [3.8, 4) is 0 Å². The topological polar surface area (TPSA) is 56.1 Å². The minimum absolute atomic E-state index is 0.136. The molecule has 118 valence electrons. The van der Waals surface area contributed by atoms with Crippen LogP contribution in [0.1, 0.15) is 37.4 Å². The number of hydrogen-bond acceptors (Lipinski definition) is 3. The Hall–Kier alpha value is -1.33. The van der Waals surface area contributed by atoms with Crippen LogP contribution in [-0.2, 0) is 16.6 Å². The molecule has 0 aliphatic heterocycles. The van der Waals surface area contributed by atoms with Crippen molar-refractivity contribution in [1.29, 1.82) is 0 Å². The van der Waals surface area contributed by atoms with Gasteiger partial charge in [0.15, 0.2) is 0 Å². The highest BCUT2D eigenvalue weighted by Crippen LogP contribution is 2.19. The molecular weight excluding hydrogens is 290 g/mol. The number of rotatable bonds is 9. The second-order valence-corrected chi connectivity index (χ2v) is 5.22. The zero-order valence-corrected chi connectivity index (χ0v) is 13.7. The first-order valence-electron chi connectivity index (χ1n) is 7.29. The number of nitrogens with one attached hydrogen (secondary N) is 1. The van der Waals surface area contributed by atoms with Crippen LogP contribution in [0.3, 0.4) is 0 Å². The van der Waals surface area contributed by atoms with E-state index in [1.807, 2.05) is 6.92 Å². The van der Waals surface area contributed by atoms with Gasteiger partial charge in [0.1, 0.15) is 5.15 Å². The average molecular weight is 314 g/mol. The van der Waals surface area contributed by atoms with Gasteiger partial charge in [-0.05, 0) is 25.8 Å². The van der Waals surface area contributed by atoms with Crippen molar-refractivity contribution >= 4 is 23.6 Å². The maximum atomic E-state index is 11.7. The summed E-state index contributed by atoms with van der Waals surface area (Å²) >= 11 is 6.09. The monoisotopic (exact) mass is 313 g/mol. The number of unbranched alkanes of at least 4 members (excludes halogenated alkanes) is 1. The van der Waals surface area contributed by atoms with Crippen LogP contribution in [0.15, 0.2) is 6.08 Å². The molecule has 1 aromatic heterocycles. The summed E-state index contributed by atoms with van der Waals surface area (Å²) in [4.78, 5) is 11.7. The molecule has 1 aromatic rings. The second kappa shape index (κ2) is 9.58. The predicted octanol–water partition coefficient (Wildman–Crippen LogP) is 2.72. The van der Waals surface area contributed by atoms with Gasteiger partial charge in [-0.3, -0.25) is 9.48 Å². The second-order valence-electron chi connectivity index (χ2n) is 4.86. The molecule has 0 bridgehead atoms. The van der Waals surface area contributed by atoms with E-state index in [0.29, 0.717) is 18.3 Å². The van der Waals surface area contributed by atoms with Crippen LogP contribution in [-0.4, -0.2) is 35.4 Å². The third kappa shape index (κ3) is 6.31. The lowest BCUT2D eigenvalue weighted by molar-refractivity contribution is -0.116. The van der Waals surface area contributed by atoms with Gasteiger partial charge in [-0.2, -0.15) is 5.10 Å². The standard InChI is InChI=1S/C15H24ClN3O2/c1-4-5-10-21-11-6-9-17-14(20)8-7-13-12(2)18-19(3)15(13)16/h7-8H,4-6,9-11H2,1-3H3,(H,17,20)/b8-7+. The maximum absolute atomic E-state index is 11.7. The van der Waals surface area contributed by atoms with Crippen LogP contribution in [0.5, 0.6) is 0 Å². The number of nitrogens with zero attached hydrogens (tertiary/aromatic N) is 2. The lowest BCUT2D eigenvalue weighted by Crippen LogP contribution is -2.23. The molecule has 5 nitrogen and oxygen atoms in total. The van der Waals surface area contributed by atoms with Gasteiger partial charge in [0.25, 0.3) is 0 Å². The normalized spacial score (nSPS) is 11.2. The fourth-order valence-electron chi connectivity index (χ4n) is 1.79. The van der Waals surface area contributed by atoms with Crippen molar-refractivity contribution in [3.05, 3.63) is 22.5 Å². The van der Waals surface area contributed by atoms with Gasteiger partial charge in [0.2, 0.25) is 5.91 Å². The van der Waals surface area contributed by atoms with Gasteiger partial charge < -0.3 is 10.1 Å². The van der Waals surface area contributed by atoms with Gasteiger partial charge >= 0.3 is 0 Å². The number of hydrogen-bond donors (Lipinski definition) is 1. The highest BCUT2D eigenvalue weighted by molar-refractivity contribution is 6.31. The molecule has 1 rings (SSSR count). The summed E-state index contributed by atoms with van der Waals surface area (Å²) in [5.41, 5.74) is 1.58. The van der Waals surface area contributed by atoms with Crippen molar-refractivity contribution in [2.75, 3.05) is 19.8 Å². The Labute approximate surface area is 131 Å². The molecule has 0 aliphatic carbocycles. The average Bonchev–Trinajstić information content (AvgIpc) is 2.69. The molecule has 0 atom stereocenters. The first-order chi connectivity index (χ1) is 10.1. The summed E-state index contributed by atoms with van der Waals surface area (Å²) < 4.78 is 7.01. The minimum atomic E-state index is -0.136. The van der Waals surface area contributed by atoms with Gasteiger partial charge in [-0.1, -0.05) is 24.9 Å². The summed E-state index contributed by atoms with van der Waals surface area (Å²) in [5.74, 6) is -0.136. The summed E-state index contributed by atoms with van der Waals surface area (Å²) in [5, 5.41) is 7.53. The number of amides is 1. The quantitative estimate of drug-likeness (QED) is 0.563. The molecule has 6 heteroatoms. The third-order valence-corrected chi connectivity index (χ3v) is 3.45. The largest absolute Gasteiger partial charge is 0.381 e. The van der Waals surface area contributed by atoms with E-state index in [0.717, 1.165) is 37.1 Å². The first-order valence-corrected chi connectivity index (χ1v) is 7.66. The molecule has 0 saturated carbocycles. The number of aryl methyl sites for hydroxylation is 2. The van der Waals surface area contributed by atoms with E-state index in [2.05, 4.69) is 17.3 Å². The van der Waals surface area contributed by atoms with E-state index in [9.17, 15) is 4.79 Å². The van der Waals surface area contributed by atoms with E-state index in [4.69, 9.17) is 16.3 Å². The molecule has 21 heavy (non-hydrogen) atoms. The van der Waals surface area contributed by atoms with Gasteiger partial charge in [-0.25, -0.2) is 0 Å². The molecule has 0 fully saturated rings. The van der Waals surface area contributed by atoms with E-state index in [-0.39, 0.29) is 5.91 Å². The molecule has 0 aromatic carbocycles. The van der Waals surface area contributed by atoms with Gasteiger partial charge in [-0.15, -0.1) is 0 Å². The van der Waals surface area contributed by atoms with Crippen molar-refractivity contribution < 1.29 is 9.53 Å². The Morgan fingerprint density at radius 3 is 2.76 bits per heavy atom. The van der Waals surface area contributed by atoms with Crippen LogP contribution in [0.2, 0.25) is 5.15 Å². The predicted molar refractivity (Wildman–Crippen MR) is 85.3 cm³/mol. The Bertz CT molecular complexity index is 484. The molecule has 1 amide bonds. The third-order valence-electron chi connectivity index (χ3n) is 3.00. The van der Waals surface area contributed by atoms with Crippen molar-refractivity contribution in [3.63, 3.8) is 0 Å². The molecule has 0 aliphatic rings. The van der Waals surface area contributed by atoms with Crippen molar-refractivity contribution in [2.24, 2.45) is 7.05 Å². The Morgan fingerprint density at radius 2 is 2.14 bits per heavy atom. The van der Waals surface area contributed by atoms with Gasteiger partial charge in [0.05, 0.1) is 5.69 Å². The fourth-order valence-corrected chi connectivity index (χ4v) is 2.03. The fraction of sp³-hybridized carbons (Fsp3) is 0.600. The van der Waals surface area contributed by atoms with E-state index >= 15 is 0 Å². The molecular formula is C15H24ClN3O2. The molecule has 0 unspecified atom stereocenters. The highest BCUT2D eigenvalue weighted by atomic mass is 35.5. The Morgan fingerprint density at radius 1 is 1.43 bits per heavy atom. The molecule has 1 heterocycles. The van der Waals surface area contributed by atoms with Crippen LogP contribution in [0, 0.1) is 6.92 Å². The van der Waals surface area contributed by atoms with Crippen LogP contribution < -0.4 is 5.32 Å². The molecule has 1 N–H and O–H groups in total.